The average molecular weight is 341 g/mol. The lowest BCUT2D eigenvalue weighted by Crippen LogP contribution is -2.17. The molecule has 1 aromatic carbocycles. The smallest absolute Gasteiger partial charge is 0.226 e. The van der Waals surface area contributed by atoms with Gasteiger partial charge in [-0.05, 0) is 51.0 Å². The Labute approximate surface area is 149 Å². The lowest BCUT2D eigenvalue weighted by atomic mass is 9.82. The fraction of sp³-hybridized carbons (Fsp3) is 0.500. The van der Waals surface area contributed by atoms with E-state index in [2.05, 4.69) is 29.9 Å². The number of anilines is 1. The fourth-order valence-corrected chi connectivity index (χ4v) is 3.07. The van der Waals surface area contributed by atoms with Gasteiger partial charge in [-0.15, -0.1) is 0 Å². The van der Waals surface area contributed by atoms with Crippen LogP contribution >= 0.6 is 0 Å². The van der Waals surface area contributed by atoms with Gasteiger partial charge in [-0.2, -0.15) is 5.10 Å². The number of amides is 1. The second-order valence-corrected chi connectivity index (χ2v) is 7.50. The molecule has 0 bridgehead atoms. The van der Waals surface area contributed by atoms with E-state index >= 15 is 0 Å². The van der Waals surface area contributed by atoms with Gasteiger partial charge in [0.25, 0.3) is 0 Å². The molecular weight excluding hydrogens is 314 g/mol. The lowest BCUT2D eigenvalue weighted by molar-refractivity contribution is -0.118. The number of nitrogens with zero attached hydrogens (tertiary/aromatic N) is 2. The molecule has 1 saturated carbocycles. The standard InChI is InChI=1S/C20H27N3O2/c1-12(2)20(25)21-15-8-9-19(24)16(10-15)17-11-18(14-6-5-7-14)23(22-17)13(3)4/h8-14,24H,5-7H2,1-4H3,(H,21,25). The Morgan fingerprint density at radius 2 is 1.96 bits per heavy atom. The minimum Gasteiger partial charge on any atom is -0.507 e. The Kier molecular flexibility index (Phi) is 4.84. The van der Waals surface area contributed by atoms with Crippen LogP contribution in [-0.4, -0.2) is 20.8 Å². The van der Waals surface area contributed by atoms with Gasteiger partial charge in [0.15, 0.2) is 0 Å². The van der Waals surface area contributed by atoms with Crippen LogP contribution in [0.2, 0.25) is 0 Å². The number of hydrogen-bond acceptors (Lipinski definition) is 3. The minimum absolute atomic E-state index is 0.0421. The van der Waals surface area contributed by atoms with Crippen LogP contribution in [0.5, 0.6) is 5.75 Å². The first-order chi connectivity index (χ1) is 11.9. The third-order valence-corrected chi connectivity index (χ3v) is 4.84. The van der Waals surface area contributed by atoms with Gasteiger partial charge >= 0.3 is 0 Å². The predicted octanol–water partition coefficient (Wildman–Crippen LogP) is 4.70. The fourth-order valence-electron chi connectivity index (χ4n) is 3.07. The van der Waals surface area contributed by atoms with Gasteiger partial charge in [0.05, 0.1) is 5.69 Å². The van der Waals surface area contributed by atoms with Gasteiger partial charge in [0.2, 0.25) is 5.91 Å². The molecule has 5 nitrogen and oxygen atoms in total. The first-order valence-electron chi connectivity index (χ1n) is 9.10. The molecule has 1 aromatic heterocycles. The summed E-state index contributed by atoms with van der Waals surface area (Å²) in [5, 5.41) is 17.9. The Bertz CT molecular complexity index is 773. The molecule has 2 aromatic rings. The Hall–Kier alpha value is -2.30. The van der Waals surface area contributed by atoms with Gasteiger partial charge in [-0.1, -0.05) is 20.3 Å². The van der Waals surface area contributed by atoms with E-state index in [-0.39, 0.29) is 23.6 Å². The number of phenols is 1. The summed E-state index contributed by atoms with van der Waals surface area (Å²) in [6, 6.07) is 7.49. The number of rotatable bonds is 5. The highest BCUT2D eigenvalue weighted by Gasteiger charge is 2.26. The molecule has 0 unspecified atom stereocenters. The van der Waals surface area contributed by atoms with Crippen molar-refractivity contribution in [3.8, 4) is 17.0 Å². The van der Waals surface area contributed by atoms with Crippen molar-refractivity contribution in [2.75, 3.05) is 5.32 Å². The van der Waals surface area contributed by atoms with Crippen molar-refractivity contribution in [1.29, 1.82) is 0 Å². The number of carbonyl (C=O) groups is 1. The van der Waals surface area contributed by atoms with E-state index in [9.17, 15) is 9.90 Å². The molecule has 2 N–H and O–H groups in total. The van der Waals surface area contributed by atoms with E-state index in [4.69, 9.17) is 5.10 Å². The van der Waals surface area contributed by atoms with Crippen LogP contribution in [0.3, 0.4) is 0 Å². The molecule has 1 amide bonds. The van der Waals surface area contributed by atoms with Crippen LogP contribution in [0.4, 0.5) is 5.69 Å². The summed E-state index contributed by atoms with van der Waals surface area (Å²) in [6.45, 7) is 7.95. The summed E-state index contributed by atoms with van der Waals surface area (Å²) < 4.78 is 2.07. The van der Waals surface area contributed by atoms with E-state index in [1.807, 2.05) is 13.8 Å². The molecule has 25 heavy (non-hydrogen) atoms. The van der Waals surface area contributed by atoms with Crippen LogP contribution in [0, 0.1) is 5.92 Å². The highest BCUT2D eigenvalue weighted by molar-refractivity contribution is 5.93. The van der Waals surface area contributed by atoms with Crippen molar-refractivity contribution < 1.29 is 9.90 Å². The van der Waals surface area contributed by atoms with Gasteiger partial charge in [-0.25, -0.2) is 0 Å². The highest BCUT2D eigenvalue weighted by Crippen LogP contribution is 2.40. The first kappa shape index (κ1) is 17.5. The lowest BCUT2D eigenvalue weighted by Gasteiger charge is -2.27. The van der Waals surface area contributed by atoms with Crippen molar-refractivity contribution in [3.63, 3.8) is 0 Å². The molecule has 0 saturated heterocycles. The molecule has 0 aliphatic heterocycles. The third-order valence-electron chi connectivity index (χ3n) is 4.84. The summed E-state index contributed by atoms with van der Waals surface area (Å²) >= 11 is 0. The number of carbonyl (C=O) groups excluding carboxylic acids is 1. The van der Waals surface area contributed by atoms with Gasteiger partial charge in [0, 0.05) is 34.8 Å². The van der Waals surface area contributed by atoms with Crippen molar-refractivity contribution in [2.45, 2.75) is 58.9 Å². The Morgan fingerprint density at radius 1 is 1.24 bits per heavy atom. The normalized spacial score (nSPS) is 14.8. The molecule has 0 atom stereocenters. The minimum atomic E-state index is -0.0948. The SMILES string of the molecule is CC(C)C(=O)Nc1ccc(O)c(-c2cc(C3CCC3)n(C(C)C)n2)c1. The van der Waals surface area contributed by atoms with Crippen LogP contribution in [0.25, 0.3) is 11.3 Å². The molecule has 1 heterocycles. The Balaban J connectivity index is 1.96. The number of nitrogens with one attached hydrogen (secondary N) is 1. The largest absolute Gasteiger partial charge is 0.507 e. The van der Waals surface area contributed by atoms with E-state index < -0.39 is 0 Å². The van der Waals surface area contributed by atoms with Crippen molar-refractivity contribution >= 4 is 11.6 Å². The average Bonchev–Trinajstić information content (AvgIpc) is 2.92. The van der Waals surface area contributed by atoms with E-state index in [1.54, 1.807) is 18.2 Å². The second-order valence-electron chi connectivity index (χ2n) is 7.50. The maximum absolute atomic E-state index is 11.9. The van der Waals surface area contributed by atoms with Crippen LogP contribution < -0.4 is 5.32 Å². The van der Waals surface area contributed by atoms with Gasteiger partial charge < -0.3 is 10.4 Å². The molecule has 134 valence electrons. The molecule has 1 aliphatic carbocycles. The highest BCUT2D eigenvalue weighted by atomic mass is 16.3. The first-order valence-corrected chi connectivity index (χ1v) is 9.10. The Morgan fingerprint density at radius 3 is 2.52 bits per heavy atom. The number of aromatic nitrogens is 2. The van der Waals surface area contributed by atoms with Crippen LogP contribution in [0.1, 0.15) is 64.6 Å². The summed E-state index contributed by atoms with van der Waals surface area (Å²) in [6.07, 6.45) is 3.67. The summed E-state index contributed by atoms with van der Waals surface area (Å²) in [5.41, 5.74) is 3.33. The van der Waals surface area contributed by atoms with E-state index in [0.717, 1.165) is 5.69 Å². The maximum atomic E-state index is 11.9. The number of phenolic OH excluding ortho intramolecular Hbond substituents is 1. The zero-order valence-electron chi connectivity index (χ0n) is 15.4. The molecule has 0 radical (unpaired) electrons. The number of hydrogen-bond donors (Lipinski definition) is 2. The summed E-state index contributed by atoms with van der Waals surface area (Å²) in [4.78, 5) is 11.9. The molecule has 3 rings (SSSR count). The number of aromatic hydroxyl groups is 1. The second kappa shape index (κ2) is 6.90. The summed E-state index contributed by atoms with van der Waals surface area (Å²) in [5.74, 6) is 0.604. The zero-order chi connectivity index (χ0) is 18.1. The van der Waals surface area contributed by atoms with Crippen molar-refractivity contribution in [3.05, 3.63) is 30.0 Å². The molecular formula is C20H27N3O2. The van der Waals surface area contributed by atoms with Gasteiger partial charge in [0.1, 0.15) is 5.75 Å². The van der Waals surface area contributed by atoms with Crippen LogP contribution in [-0.2, 0) is 4.79 Å². The monoisotopic (exact) mass is 341 g/mol. The van der Waals surface area contributed by atoms with E-state index in [0.29, 0.717) is 17.2 Å². The molecule has 5 heteroatoms. The van der Waals surface area contributed by atoms with Crippen molar-refractivity contribution in [1.82, 2.24) is 9.78 Å². The number of benzene rings is 1. The van der Waals surface area contributed by atoms with Crippen molar-refractivity contribution in [2.24, 2.45) is 5.92 Å². The molecule has 0 spiro atoms. The maximum Gasteiger partial charge on any atom is 0.226 e. The quantitative estimate of drug-likeness (QED) is 0.775. The zero-order valence-corrected chi connectivity index (χ0v) is 15.4. The van der Waals surface area contributed by atoms with Gasteiger partial charge in [-0.3, -0.25) is 9.48 Å². The third kappa shape index (κ3) is 3.55. The predicted molar refractivity (Wildman–Crippen MR) is 99.8 cm³/mol. The molecule has 1 aliphatic rings. The van der Waals surface area contributed by atoms with E-state index in [1.165, 1.54) is 25.0 Å². The van der Waals surface area contributed by atoms with Crippen LogP contribution in [0.15, 0.2) is 24.3 Å². The topological polar surface area (TPSA) is 67.2 Å². The summed E-state index contributed by atoms with van der Waals surface area (Å²) in [7, 11) is 0. The molecule has 1 fully saturated rings.